The molecule has 1 fully saturated rings. The summed E-state index contributed by atoms with van der Waals surface area (Å²) in [6.45, 7) is 2.30. The first kappa shape index (κ1) is 12.5. The van der Waals surface area contributed by atoms with Crippen molar-refractivity contribution in [3.63, 3.8) is 0 Å². The molecule has 1 aromatic carbocycles. The second-order valence-corrected chi connectivity index (χ2v) is 6.00. The molecular weight excluding hydrogens is 290 g/mol. The predicted molar refractivity (Wildman–Crippen MR) is 77.6 cm³/mol. The van der Waals surface area contributed by atoms with E-state index in [9.17, 15) is 0 Å². The molecule has 0 amide bonds. The van der Waals surface area contributed by atoms with Crippen molar-refractivity contribution in [1.29, 1.82) is 0 Å². The molecule has 0 N–H and O–H groups in total. The highest BCUT2D eigenvalue weighted by molar-refractivity contribution is 9.09. The first-order chi connectivity index (χ1) is 8.86. The fourth-order valence-electron chi connectivity index (χ4n) is 3.09. The van der Waals surface area contributed by atoms with Crippen molar-refractivity contribution in [3.8, 4) is 5.75 Å². The highest BCUT2D eigenvalue weighted by Crippen LogP contribution is 2.29. The van der Waals surface area contributed by atoms with Crippen LogP contribution in [0.1, 0.15) is 24.8 Å². The summed E-state index contributed by atoms with van der Waals surface area (Å²) in [4.78, 5) is 2.61. The van der Waals surface area contributed by atoms with Crippen molar-refractivity contribution >= 4 is 15.9 Å². The van der Waals surface area contributed by atoms with E-state index in [0.717, 1.165) is 24.0 Å². The second-order valence-electron chi connectivity index (χ2n) is 5.35. The monoisotopic (exact) mass is 309 g/mol. The Morgan fingerprint density at radius 3 is 3.00 bits per heavy atom. The molecule has 0 aliphatic carbocycles. The molecule has 0 radical (unpaired) electrons. The smallest absolute Gasteiger partial charge is 0.123 e. The molecule has 2 heterocycles. The third-order valence-electron chi connectivity index (χ3n) is 4.08. The summed E-state index contributed by atoms with van der Waals surface area (Å²) in [5, 5.41) is 1.09. The molecule has 1 saturated heterocycles. The standard InChI is InChI=1S/C15H20BrNO/c16-10-13-6-3-4-8-17(13)11-14-9-12-5-1-2-7-15(12)18-14/h1-2,5,7,13-14H,3-4,6,8-11H2. The molecule has 0 bridgehead atoms. The molecule has 3 heteroatoms. The molecule has 1 aromatic rings. The lowest BCUT2D eigenvalue weighted by molar-refractivity contribution is 0.100. The molecule has 3 rings (SSSR count). The van der Waals surface area contributed by atoms with Gasteiger partial charge in [0.25, 0.3) is 0 Å². The van der Waals surface area contributed by atoms with Gasteiger partial charge < -0.3 is 4.74 Å². The lowest BCUT2D eigenvalue weighted by atomic mass is 10.0. The molecule has 18 heavy (non-hydrogen) atoms. The maximum atomic E-state index is 6.05. The number of hydrogen-bond acceptors (Lipinski definition) is 2. The Morgan fingerprint density at radius 1 is 1.28 bits per heavy atom. The van der Waals surface area contributed by atoms with Crippen LogP contribution in [0.15, 0.2) is 24.3 Å². The minimum Gasteiger partial charge on any atom is -0.488 e. The van der Waals surface area contributed by atoms with E-state index in [1.54, 1.807) is 0 Å². The van der Waals surface area contributed by atoms with Crippen molar-refractivity contribution < 1.29 is 4.74 Å². The van der Waals surface area contributed by atoms with Crippen molar-refractivity contribution in [3.05, 3.63) is 29.8 Å². The van der Waals surface area contributed by atoms with Crippen LogP contribution >= 0.6 is 15.9 Å². The van der Waals surface area contributed by atoms with Crippen LogP contribution in [0.5, 0.6) is 5.75 Å². The van der Waals surface area contributed by atoms with Crippen LogP contribution in [0.2, 0.25) is 0 Å². The molecule has 2 aliphatic heterocycles. The fourth-order valence-corrected chi connectivity index (χ4v) is 3.83. The Morgan fingerprint density at radius 2 is 2.17 bits per heavy atom. The summed E-state index contributed by atoms with van der Waals surface area (Å²) in [5.74, 6) is 1.09. The molecule has 2 nitrogen and oxygen atoms in total. The minimum atomic E-state index is 0.349. The van der Waals surface area contributed by atoms with E-state index in [1.165, 1.54) is 31.4 Å². The van der Waals surface area contributed by atoms with Gasteiger partial charge in [0.15, 0.2) is 0 Å². The summed E-state index contributed by atoms with van der Waals surface area (Å²) >= 11 is 3.65. The van der Waals surface area contributed by atoms with E-state index in [1.807, 2.05) is 0 Å². The molecular formula is C15H20BrNO. The Bertz CT molecular complexity index is 384. The van der Waals surface area contributed by atoms with Gasteiger partial charge in [0.1, 0.15) is 11.9 Å². The van der Waals surface area contributed by atoms with Gasteiger partial charge in [-0.1, -0.05) is 40.5 Å². The van der Waals surface area contributed by atoms with Crippen LogP contribution in [-0.4, -0.2) is 35.5 Å². The number of rotatable bonds is 3. The van der Waals surface area contributed by atoms with Gasteiger partial charge in [-0.25, -0.2) is 0 Å². The summed E-state index contributed by atoms with van der Waals surface area (Å²) in [6, 6.07) is 9.14. The number of fused-ring (bicyclic) bond motifs is 1. The Labute approximate surface area is 117 Å². The molecule has 0 aromatic heterocycles. The van der Waals surface area contributed by atoms with Crippen LogP contribution in [0.25, 0.3) is 0 Å². The van der Waals surface area contributed by atoms with Gasteiger partial charge in [-0.15, -0.1) is 0 Å². The predicted octanol–water partition coefficient (Wildman–Crippen LogP) is 3.24. The molecule has 2 atom stereocenters. The number of nitrogens with zero attached hydrogens (tertiary/aromatic N) is 1. The van der Waals surface area contributed by atoms with E-state index in [-0.39, 0.29) is 0 Å². The van der Waals surface area contributed by atoms with Gasteiger partial charge in [-0.3, -0.25) is 4.90 Å². The largest absolute Gasteiger partial charge is 0.488 e. The molecule has 2 unspecified atom stereocenters. The van der Waals surface area contributed by atoms with Crippen LogP contribution in [0.3, 0.4) is 0 Å². The maximum Gasteiger partial charge on any atom is 0.123 e. The van der Waals surface area contributed by atoms with Crippen LogP contribution < -0.4 is 4.74 Å². The summed E-state index contributed by atoms with van der Waals surface area (Å²) in [6.07, 6.45) is 5.45. The number of hydrogen-bond donors (Lipinski definition) is 0. The summed E-state index contributed by atoms with van der Waals surface area (Å²) in [7, 11) is 0. The number of alkyl halides is 1. The minimum absolute atomic E-state index is 0.349. The SMILES string of the molecule is BrCC1CCCCN1CC1Cc2ccccc2O1. The van der Waals surface area contributed by atoms with E-state index in [2.05, 4.69) is 45.1 Å². The van der Waals surface area contributed by atoms with Crippen molar-refractivity contribution in [1.82, 2.24) is 4.90 Å². The summed E-state index contributed by atoms with van der Waals surface area (Å²) < 4.78 is 6.05. The number of piperidine rings is 1. The van der Waals surface area contributed by atoms with E-state index < -0.39 is 0 Å². The lowest BCUT2D eigenvalue weighted by Gasteiger charge is -2.36. The number of ether oxygens (including phenoxy) is 1. The number of para-hydroxylation sites is 1. The van der Waals surface area contributed by atoms with Gasteiger partial charge >= 0.3 is 0 Å². The topological polar surface area (TPSA) is 12.5 Å². The van der Waals surface area contributed by atoms with Gasteiger partial charge in [-0.2, -0.15) is 0 Å². The lowest BCUT2D eigenvalue weighted by Crippen LogP contribution is -2.45. The first-order valence-corrected chi connectivity index (χ1v) is 8.03. The zero-order valence-electron chi connectivity index (χ0n) is 10.6. The maximum absolute atomic E-state index is 6.05. The Kier molecular flexibility index (Phi) is 3.90. The Hall–Kier alpha value is -0.540. The highest BCUT2D eigenvalue weighted by atomic mass is 79.9. The molecule has 98 valence electrons. The van der Waals surface area contributed by atoms with Crippen molar-refractivity contribution in [2.45, 2.75) is 37.8 Å². The molecule has 2 aliphatic rings. The van der Waals surface area contributed by atoms with Gasteiger partial charge in [0, 0.05) is 24.3 Å². The average molecular weight is 310 g/mol. The first-order valence-electron chi connectivity index (χ1n) is 6.91. The van der Waals surface area contributed by atoms with E-state index in [0.29, 0.717) is 12.1 Å². The van der Waals surface area contributed by atoms with Gasteiger partial charge in [-0.05, 0) is 31.0 Å². The average Bonchev–Trinajstić information content (AvgIpc) is 2.81. The van der Waals surface area contributed by atoms with E-state index in [4.69, 9.17) is 4.74 Å². The second kappa shape index (κ2) is 5.62. The van der Waals surface area contributed by atoms with Gasteiger partial charge in [0.05, 0.1) is 0 Å². The number of likely N-dealkylation sites (tertiary alicyclic amines) is 1. The third kappa shape index (κ3) is 2.57. The van der Waals surface area contributed by atoms with Crippen molar-refractivity contribution in [2.24, 2.45) is 0 Å². The highest BCUT2D eigenvalue weighted by Gasteiger charge is 2.28. The summed E-state index contributed by atoms with van der Waals surface area (Å²) in [5.41, 5.74) is 1.37. The quantitative estimate of drug-likeness (QED) is 0.795. The fraction of sp³-hybridized carbons (Fsp3) is 0.600. The van der Waals surface area contributed by atoms with Crippen LogP contribution in [0, 0.1) is 0 Å². The van der Waals surface area contributed by atoms with Gasteiger partial charge in [0.2, 0.25) is 0 Å². The zero-order valence-corrected chi connectivity index (χ0v) is 12.2. The number of halogens is 1. The van der Waals surface area contributed by atoms with Crippen molar-refractivity contribution in [2.75, 3.05) is 18.4 Å². The van der Waals surface area contributed by atoms with Crippen LogP contribution in [0.4, 0.5) is 0 Å². The molecule has 0 spiro atoms. The molecule has 0 saturated carbocycles. The van der Waals surface area contributed by atoms with Crippen LogP contribution in [-0.2, 0) is 6.42 Å². The van der Waals surface area contributed by atoms with E-state index >= 15 is 0 Å². The Balaban J connectivity index is 1.61. The zero-order chi connectivity index (χ0) is 12.4. The third-order valence-corrected chi connectivity index (χ3v) is 4.83. The normalized spacial score (nSPS) is 27.8. The number of benzene rings is 1.